The Bertz CT molecular complexity index is 578. The molecule has 0 amide bonds. The summed E-state index contributed by atoms with van der Waals surface area (Å²) >= 11 is 0. The van der Waals surface area contributed by atoms with E-state index in [0.29, 0.717) is 11.8 Å². The SMILES string of the molecule is CC(C)CNC/C(=C/c1coc2ccccc12)C(C)C. The van der Waals surface area contributed by atoms with Crippen molar-refractivity contribution in [2.45, 2.75) is 27.7 Å². The van der Waals surface area contributed by atoms with Crippen molar-refractivity contribution in [3.8, 4) is 0 Å². The van der Waals surface area contributed by atoms with Crippen LogP contribution in [0.25, 0.3) is 17.0 Å². The largest absolute Gasteiger partial charge is 0.464 e. The number of para-hydroxylation sites is 1. The monoisotopic (exact) mass is 271 g/mol. The van der Waals surface area contributed by atoms with Gasteiger partial charge in [0.1, 0.15) is 5.58 Å². The normalized spacial score (nSPS) is 12.8. The summed E-state index contributed by atoms with van der Waals surface area (Å²) in [5.41, 5.74) is 3.55. The molecule has 2 nitrogen and oxygen atoms in total. The summed E-state index contributed by atoms with van der Waals surface area (Å²) in [6, 6.07) is 8.19. The van der Waals surface area contributed by atoms with Crippen LogP contribution in [0.3, 0.4) is 0 Å². The molecule has 2 aromatic rings. The number of hydrogen-bond donors (Lipinski definition) is 1. The van der Waals surface area contributed by atoms with Crippen LogP contribution >= 0.6 is 0 Å². The molecule has 1 heterocycles. The van der Waals surface area contributed by atoms with Gasteiger partial charge >= 0.3 is 0 Å². The van der Waals surface area contributed by atoms with Crippen molar-refractivity contribution in [3.05, 3.63) is 41.7 Å². The Labute approximate surface area is 121 Å². The molecular formula is C18H25NO. The molecule has 0 aliphatic carbocycles. The molecule has 0 spiro atoms. The van der Waals surface area contributed by atoms with Crippen molar-refractivity contribution < 1.29 is 4.42 Å². The van der Waals surface area contributed by atoms with Crippen molar-refractivity contribution in [1.82, 2.24) is 5.32 Å². The zero-order valence-corrected chi connectivity index (χ0v) is 12.9. The lowest BCUT2D eigenvalue weighted by atomic mass is 10.00. The van der Waals surface area contributed by atoms with Crippen LogP contribution in [-0.4, -0.2) is 13.1 Å². The van der Waals surface area contributed by atoms with Crippen LogP contribution in [-0.2, 0) is 0 Å². The van der Waals surface area contributed by atoms with E-state index in [-0.39, 0.29) is 0 Å². The molecule has 0 fully saturated rings. The van der Waals surface area contributed by atoms with Gasteiger partial charge in [0.2, 0.25) is 0 Å². The van der Waals surface area contributed by atoms with Crippen LogP contribution in [0.1, 0.15) is 33.3 Å². The average molecular weight is 271 g/mol. The molecule has 0 saturated carbocycles. The summed E-state index contributed by atoms with van der Waals surface area (Å²) in [6.45, 7) is 10.9. The van der Waals surface area contributed by atoms with E-state index in [4.69, 9.17) is 4.42 Å². The lowest BCUT2D eigenvalue weighted by Crippen LogP contribution is -2.23. The fourth-order valence-corrected chi connectivity index (χ4v) is 2.24. The van der Waals surface area contributed by atoms with Gasteiger partial charge in [0, 0.05) is 17.5 Å². The third-order valence-electron chi connectivity index (χ3n) is 3.48. The van der Waals surface area contributed by atoms with Gasteiger partial charge in [-0.05, 0) is 24.4 Å². The highest BCUT2D eigenvalue weighted by atomic mass is 16.3. The summed E-state index contributed by atoms with van der Waals surface area (Å²) in [7, 11) is 0. The number of furan rings is 1. The Balaban J connectivity index is 2.19. The zero-order valence-electron chi connectivity index (χ0n) is 12.9. The number of benzene rings is 1. The predicted octanol–water partition coefficient (Wildman–Crippen LogP) is 4.72. The second kappa shape index (κ2) is 6.76. The van der Waals surface area contributed by atoms with E-state index in [2.05, 4.69) is 51.2 Å². The lowest BCUT2D eigenvalue weighted by Gasteiger charge is -2.14. The molecule has 1 aromatic carbocycles. The Morgan fingerprint density at radius 3 is 2.65 bits per heavy atom. The first kappa shape index (κ1) is 14.9. The quantitative estimate of drug-likeness (QED) is 0.822. The minimum Gasteiger partial charge on any atom is -0.464 e. The Hall–Kier alpha value is -1.54. The van der Waals surface area contributed by atoms with Gasteiger partial charge in [-0.15, -0.1) is 0 Å². The first-order valence-corrected chi connectivity index (χ1v) is 7.45. The van der Waals surface area contributed by atoms with Gasteiger partial charge in [-0.2, -0.15) is 0 Å². The predicted molar refractivity (Wildman–Crippen MR) is 86.7 cm³/mol. The molecule has 2 rings (SSSR count). The summed E-state index contributed by atoms with van der Waals surface area (Å²) < 4.78 is 5.61. The molecule has 0 atom stereocenters. The third-order valence-corrected chi connectivity index (χ3v) is 3.48. The van der Waals surface area contributed by atoms with E-state index in [1.807, 2.05) is 18.4 Å². The molecule has 0 aliphatic heterocycles. The van der Waals surface area contributed by atoms with E-state index in [1.165, 1.54) is 16.5 Å². The first-order chi connectivity index (χ1) is 9.58. The molecule has 1 aromatic heterocycles. The van der Waals surface area contributed by atoms with E-state index < -0.39 is 0 Å². The average Bonchev–Trinajstić information content (AvgIpc) is 2.80. The van der Waals surface area contributed by atoms with E-state index in [1.54, 1.807) is 0 Å². The molecule has 0 saturated heterocycles. The molecule has 0 aliphatic rings. The maximum absolute atomic E-state index is 5.61. The van der Waals surface area contributed by atoms with Crippen LogP contribution in [0.15, 0.2) is 40.5 Å². The summed E-state index contributed by atoms with van der Waals surface area (Å²) in [4.78, 5) is 0. The van der Waals surface area contributed by atoms with Gasteiger partial charge in [0.15, 0.2) is 0 Å². The van der Waals surface area contributed by atoms with E-state index >= 15 is 0 Å². The summed E-state index contributed by atoms with van der Waals surface area (Å²) in [5, 5.41) is 4.72. The van der Waals surface area contributed by atoms with Crippen LogP contribution < -0.4 is 5.32 Å². The van der Waals surface area contributed by atoms with E-state index in [9.17, 15) is 0 Å². The Morgan fingerprint density at radius 2 is 1.95 bits per heavy atom. The van der Waals surface area contributed by atoms with Crippen LogP contribution in [0.2, 0.25) is 0 Å². The van der Waals surface area contributed by atoms with Gasteiger partial charge < -0.3 is 9.73 Å². The summed E-state index contributed by atoms with van der Waals surface area (Å²) in [5.74, 6) is 1.21. The summed E-state index contributed by atoms with van der Waals surface area (Å²) in [6.07, 6.45) is 4.12. The van der Waals surface area contributed by atoms with Crippen LogP contribution in [0.4, 0.5) is 0 Å². The van der Waals surface area contributed by atoms with Crippen molar-refractivity contribution in [2.75, 3.05) is 13.1 Å². The lowest BCUT2D eigenvalue weighted by molar-refractivity contribution is 0.558. The number of hydrogen-bond acceptors (Lipinski definition) is 2. The fourth-order valence-electron chi connectivity index (χ4n) is 2.24. The van der Waals surface area contributed by atoms with Crippen molar-refractivity contribution in [2.24, 2.45) is 11.8 Å². The second-order valence-electron chi connectivity index (χ2n) is 6.09. The van der Waals surface area contributed by atoms with Gasteiger partial charge in [0.05, 0.1) is 6.26 Å². The Kier molecular flexibility index (Phi) is 5.02. The molecule has 108 valence electrons. The molecular weight excluding hydrogens is 246 g/mol. The van der Waals surface area contributed by atoms with Gasteiger partial charge in [0.25, 0.3) is 0 Å². The number of nitrogens with one attached hydrogen (secondary N) is 1. The van der Waals surface area contributed by atoms with Crippen LogP contribution in [0.5, 0.6) is 0 Å². The smallest absolute Gasteiger partial charge is 0.134 e. The minimum absolute atomic E-state index is 0.531. The number of fused-ring (bicyclic) bond motifs is 1. The first-order valence-electron chi connectivity index (χ1n) is 7.45. The molecule has 2 heteroatoms. The molecule has 0 radical (unpaired) electrons. The third kappa shape index (κ3) is 3.73. The topological polar surface area (TPSA) is 25.2 Å². The molecule has 20 heavy (non-hydrogen) atoms. The van der Waals surface area contributed by atoms with Crippen molar-refractivity contribution >= 4 is 17.0 Å². The van der Waals surface area contributed by atoms with Gasteiger partial charge in [-0.3, -0.25) is 0 Å². The van der Waals surface area contributed by atoms with Gasteiger partial charge in [-0.1, -0.05) is 57.5 Å². The molecule has 0 unspecified atom stereocenters. The van der Waals surface area contributed by atoms with E-state index in [0.717, 1.165) is 18.7 Å². The maximum atomic E-state index is 5.61. The van der Waals surface area contributed by atoms with Crippen LogP contribution in [0, 0.1) is 11.8 Å². The molecule has 1 N–H and O–H groups in total. The van der Waals surface area contributed by atoms with Crippen molar-refractivity contribution in [1.29, 1.82) is 0 Å². The fraction of sp³-hybridized carbons (Fsp3) is 0.444. The zero-order chi connectivity index (χ0) is 14.5. The maximum Gasteiger partial charge on any atom is 0.134 e. The molecule has 0 bridgehead atoms. The number of rotatable bonds is 6. The highest BCUT2D eigenvalue weighted by molar-refractivity contribution is 5.87. The standard InChI is InChI=1S/C18H25NO/c1-13(2)10-19-11-15(14(3)4)9-16-12-20-18-8-6-5-7-17(16)18/h5-9,12-14,19H,10-11H2,1-4H3/b15-9-. The Morgan fingerprint density at radius 1 is 1.20 bits per heavy atom. The highest BCUT2D eigenvalue weighted by Crippen LogP contribution is 2.24. The van der Waals surface area contributed by atoms with Gasteiger partial charge in [-0.25, -0.2) is 0 Å². The second-order valence-corrected chi connectivity index (χ2v) is 6.09. The van der Waals surface area contributed by atoms with Crippen molar-refractivity contribution in [3.63, 3.8) is 0 Å². The highest BCUT2D eigenvalue weighted by Gasteiger charge is 2.07. The minimum atomic E-state index is 0.531.